The van der Waals surface area contributed by atoms with E-state index < -0.39 is 0 Å². The normalized spacial score (nSPS) is 42.9. The van der Waals surface area contributed by atoms with Crippen molar-refractivity contribution in [1.82, 2.24) is 0 Å². The van der Waals surface area contributed by atoms with E-state index in [-0.39, 0.29) is 6.10 Å². The Labute approximate surface area is 118 Å². The molecule has 2 aliphatic rings. The fraction of sp³-hybridized carbons (Fsp3) is 1.00. The first-order valence-corrected chi connectivity index (χ1v) is 8.40. The van der Waals surface area contributed by atoms with Crippen LogP contribution < -0.4 is 0 Å². The van der Waals surface area contributed by atoms with Crippen LogP contribution in [0.1, 0.15) is 71.6 Å². The molecule has 0 radical (unpaired) electrons. The maximum absolute atomic E-state index is 9.94. The summed E-state index contributed by atoms with van der Waals surface area (Å²) in [6, 6.07) is 0. The van der Waals surface area contributed by atoms with Gasteiger partial charge in [0.2, 0.25) is 0 Å². The molecule has 0 aromatic heterocycles. The number of aliphatic hydroxyl groups is 2. The van der Waals surface area contributed by atoms with E-state index in [1.165, 1.54) is 32.1 Å². The first kappa shape index (κ1) is 15.3. The summed E-state index contributed by atoms with van der Waals surface area (Å²) in [5, 5.41) is 19.4. The molecule has 0 aliphatic heterocycles. The van der Waals surface area contributed by atoms with Crippen molar-refractivity contribution in [2.75, 3.05) is 6.61 Å². The van der Waals surface area contributed by atoms with E-state index in [1.807, 2.05) is 0 Å². The predicted molar refractivity (Wildman–Crippen MR) is 78.9 cm³/mol. The van der Waals surface area contributed by atoms with Crippen molar-refractivity contribution in [2.45, 2.75) is 77.7 Å². The zero-order chi connectivity index (χ0) is 13.9. The molecule has 2 fully saturated rings. The van der Waals surface area contributed by atoms with Gasteiger partial charge >= 0.3 is 0 Å². The summed E-state index contributed by atoms with van der Waals surface area (Å²) in [6.45, 7) is 5.05. The van der Waals surface area contributed by atoms with Crippen molar-refractivity contribution in [1.29, 1.82) is 0 Å². The second-order valence-electron chi connectivity index (χ2n) is 7.23. The van der Waals surface area contributed by atoms with Gasteiger partial charge in [0.25, 0.3) is 0 Å². The highest BCUT2D eigenvalue weighted by atomic mass is 16.3. The van der Waals surface area contributed by atoms with E-state index >= 15 is 0 Å². The smallest absolute Gasteiger partial charge is 0.0543 e. The first-order chi connectivity index (χ1) is 9.11. The second-order valence-corrected chi connectivity index (χ2v) is 7.23. The monoisotopic (exact) mass is 268 g/mol. The summed E-state index contributed by atoms with van der Waals surface area (Å²) in [7, 11) is 0. The van der Waals surface area contributed by atoms with Crippen LogP contribution >= 0.6 is 0 Å². The third-order valence-electron chi connectivity index (χ3n) is 6.18. The summed E-state index contributed by atoms with van der Waals surface area (Å²) >= 11 is 0. The standard InChI is InChI=1S/C17H32O2/c1-3-4-5-13-6-7-14-12-15(19)8-10-17(14,2)16(13)9-11-18/h13-16,18-19H,3-12H2,1-2H3/t13?,14-,15-,16?,17+/m1/s1. The molecular weight excluding hydrogens is 236 g/mol. The highest BCUT2D eigenvalue weighted by molar-refractivity contribution is 4.99. The first-order valence-electron chi connectivity index (χ1n) is 8.40. The van der Waals surface area contributed by atoms with E-state index in [0.717, 1.165) is 31.6 Å². The molecule has 19 heavy (non-hydrogen) atoms. The Kier molecular flexibility index (Phi) is 5.30. The lowest BCUT2D eigenvalue weighted by Gasteiger charge is -2.55. The Bertz CT molecular complexity index is 278. The van der Waals surface area contributed by atoms with Gasteiger partial charge in [-0.2, -0.15) is 0 Å². The molecule has 0 saturated heterocycles. The zero-order valence-electron chi connectivity index (χ0n) is 12.8. The van der Waals surface area contributed by atoms with Crippen LogP contribution in [0.5, 0.6) is 0 Å². The molecule has 0 heterocycles. The lowest BCUT2D eigenvalue weighted by Crippen LogP contribution is -2.48. The Morgan fingerprint density at radius 3 is 2.63 bits per heavy atom. The third-order valence-corrected chi connectivity index (χ3v) is 6.18. The Morgan fingerprint density at radius 1 is 1.16 bits per heavy atom. The molecule has 0 spiro atoms. The van der Waals surface area contributed by atoms with Gasteiger partial charge in [0.05, 0.1) is 6.10 Å². The summed E-state index contributed by atoms with van der Waals surface area (Å²) in [5.41, 5.74) is 0.374. The van der Waals surface area contributed by atoms with Crippen LogP contribution in [0.3, 0.4) is 0 Å². The topological polar surface area (TPSA) is 40.5 Å². The van der Waals surface area contributed by atoms with E-state index in [4.69, 9.17) is 0 Å². The Hall–Kier alpha value is -0.0800. The van der Waals surface area contributed by atoms with Gasteiger partial charge in [-0.25, -0.2) is 0 Å². The molecule has 2 unspecified atom stereocenters. The van der Waals surface area contributed by atoms with Crippen molar-refractivity contribution < 1.29 is 10.2 Å². The number of unbranched alkanes of at least 4 members (excludes halogenated alkanes) is 1. The molecule has 0 aromatic carbocycles. The molecule has 0 aromatic rings. The van der Waals surface area contributed by atoms with Gasteiger partial charge in [-0.05, 0) is 61.7 Å². The second kappa shape index (κ2) is 6.58. The molecule has 2 N–H and O–H groups in total. The quantitative estimate of drug-likeness (QED) is 0.797. The average molecular weight is 268 g/mol. The van der Waals surface area contributed by atoms with E-state index in [9.17, 15) is 10.2 Å². The van der Waals surface area contributed by atoms with E-state index in [2.05, 4.69) is 13.8 Å². The molecule has 2 aliphatic carbocycles. The Morgan fingerprint density at radius 2 is 1.95 bits per heavy atom. The number of fused-ring (bicyclic) bond motifs is 1. The van der Waals surface area contributed by atoms with Crippen molar-refractivity contribution in [3.05, 3.63) is 0 Å². The SMILES string of the molecule is CCCCC1CC[C@@H]2C[C@H](O)CC[C@]2(C)C1CCO. The van der Waals surface area contributed by atoms with Crippen LogP contribution in [0.15, 0.2) is 0 Å². The van der Waals surface area contributed by atoms with Crippen LogP contribution in [0.4, 0.5) is 0 Å². The summed E-state index contributed by atoms with van der Waals surface area (Å²) < 4.78 is 0. The van der Waals surface area contributed by atoms with Crippen LogP contribution in [-0.4, -0.2) is 22.9 Å². The minimum atomic E-state index is -0.0694. The average Bonchev–Trinajstić information content (AvgIpc) is 2.40. The molecule has 0 amide bonds. The van der Waals surface area contributed by atoms with E-state index in [0.29, 0.717) is 23.9 Å². The zero-order valence-corrected chi connectivity index (χ0v) is 12.8. The summed E-state index contributed by atoms with van der Waals surface area (Å²) in [5.74, 6) is 2.17. The number of aliphatic hydroxyl groups excluding tert-OH is 2. The fourth-order valence-corrected chi connectivity index (χ4v) is 5.00. The molecule has 0 bridgehead atoms. The summed E-state index contributed by atoms with van der Waals surface area (Å²) in [6.07, 6.45) is 10.6. The molecular formula is C17H32O2. The van der Waals surface area contributed by atoms with Gasteiger partial charge in [0.1, 0.15) is 0 Å². The van der Waals surface area contributed by atoms with Gasteiger partial charge < -0.3 is 10.2 Å². The van der Waals surface area contributed by atoms with Crippen molar-refractivity contribution in [2.24, 2.45) is 23.2 Å². The lowest BCUT2D eigenvalue weighted by atomic mass is 9.51. The van der Waals surface area contributed by atoms with Crippen LogP contribution in [-0.2, 0) is 0 Å². The number of hydrogen-bond donors (Lipinski definition) is 2. The third kappa shape index (κ3) is 3.16. The maximum atomic E-state index is 9.94. The van der Waals surface area contributed by atoms with Crippen LogP contribution in [0.25, 0.3) is 0 Å². The van der Waals surface area contributed by atoms with Crippen LogP contribution in [0.2, 0.25) is 0 Å². The van der Waals surface area contributed by atoms with Gasteiger partial charge in [-0.3, -0.25) is 0 Å². The molecule has 2 nitrogen and oxygen atoms in total. The van der Waals surface area contributed by atoms with Gasteiger partial charge in [0.15, 0.2) is 0 Å². The van der Waals surface area contributed by atoms with Gasteiger partial charge in [0, 0.05) is 6.61 Å². The van der Waals surface area contributed by atoms with Crippen molar-refractivity contribution in [3.63, 3.8) is 0 Å². The summed E-state index contributed by atoms with van der Waals surface area (Å²) in [4.78, 5) is 0. The molecule has 5 atom stereocenters. The van der Waals surface area contributed by atoms with Crippen LogP contribution in [0, 0.1) is 23.2 Å². The van der Waals surface area contributed by atoms with E-state index in [1.54, 1.807) is 0 Å². The van der Waals surface area contributed by atoms with Crippen molar-refractivity contribution in [3.8, 4) is 0 Å². The molecule has 2 heteroatoms. The highest BCUT2D eigenvalue weighted by Crippen LogP contribution is 2.57. The van der Waals surface area contributed by atoms with Crippen molar-refractivity contribution >= 4 is 0 Å². The largest absolute Gasteiger partial charge is 0.396 e. The minimum Gasteiger partial charge on any atom is -0.396 e. The van der Waals surface area contributed by atoms with Gasteiger partial charge in [-0.15, -0.1) is 0 Å². The Balaban J connectivity index is 2.11. The molecule has 112 valence electrons. The van der Waals surface area contributed by atoms with Gasteiger partial charge in [-0.1, -0.05) is 33.1 Å². The molecule has 2 saturated carbocycles. The number of rotatable bonds is 5. The maximum Gasteiger partial charge on any atom is 0.0543 e. The molecule has 2 rings (SSSR count). The predicted octanol–water partition coefficient (Wildman–Crippen LogP) is 3.75. The fourth-order valence-electron chi connectivity index (χ4n) is 5.00. The number of hydrogen-bond acceptors (Lipinski definition) is 2. The lowest BCUT2D eigenvalue weighted by molar-refractivity contribution is -0.0795. The minimum absolute atomic E-state index is 0.0694. The highest BCUT2D eigenvalue weighted by Gasteiger charge is 2.49.